The summed E-state index contributed by atoms with van der Waals surface area (Å²) in [6.07, 6.45) is 0.887. The van der Waals surface area contributed by atoms with Gasteiger partial charge in [0.15, 0.2) is 0 Å². The molecule has 0 bridgehead atoms. The van der Waals surface area contributed by atoms with Crippen molar-refractivity contribution in [2.24, 2.45) is 0 Å². The maximum absolute atomic E-state index is 10.8. The number of halogens is 1. The molecule has 1 aliphatic heterocycles. The van der Waals surface area contributed by atoms with Crippen molar-refractivity contribution in [1.82, 2.24) is 0 Å². The molecule has 0 fully saturated rings. The zero-order valence-corrected chi connectivity index (χ0v) is 11.3. The summed E-state index contributed by atoms with van der Waals surface area (Å²) >= 11 is 3.23. The van der Waals surface area contributed by atoms with Crippen LogP contribution in [0, 0.1) is 0 Å². The molecule has 1 rings (SSSR count). The molecule has 1 atom stereocenters. The van der Waals surface area contributed by atoms with Crippen LogP contribution in [0.2, 0.25) is 25.7 Å². The van der Waals surface area contributed by atoms with E-state index in [1.165, 1.54) is 6.08 Å². The van der Waals surface area contributed by atoms with Crippen molar-refractivity contribution in [3.8, 4) is 0 Å². The van der Waals surface area contributed by atoms with Gasteiger partial charge in [-0.25, -0.2) is 4.79 Å². The third-order valence-electron chi connectivity index (χ3n) is 1.83. The van der Waals surface area contributed by atoms with E-state index in [-0.39, 0.29) is 5.97 Å². The Hall–Kier alpha value is -0.133. The molecule has 0 radical (unpaired) electrons. The molecule has 0 aromatic carbocycles. The molecular formula is C9H15BrO3Si. The summed E-state index contributed by atoms with van der Waals surface area (Å²) in [5.74, 6) is -0.338. The van der Waals surface area contributed by atoms with Crippen LogP contribution in [0.5, 0.6) is 0 Å². The van der Waals surface area contributed by atoms with Gasteiger partial charge in [0.2, 0.25) is 6.29 Å². The van der Waals surface area contributed by atoms with Crippen molar-refractivity contribution in [1.29, 1.82) is 0 Å². The Bertz CT molecular complexity index is 257. The molecule has 1 unspecified atom stereocenters. The molecule has 0 N–H and O–H groups in total. The van der Waals surface area contributed by atoms with Crippen LogP contribution < -0.4 is 0 Å². The molecule has 1 aliphatic rings. The van der Waals surface area contributed by atoms with Crippen LogP contribution >= 0.6 is 15.9 Å². The van der Waals surface area contributed by atoms with Crippen LogP contribution in [-0.2, 0) is 14.3 Å². The smallest absolute Gasteiger partial charge is 0.334 e. The Labute approximate surface area is 93.6 Å². The van der Waals surface area contributed by atoms with Crippen molar-refractivity contribution in [3.05, 3.63) is 10.6 Å². The second-order valence-electron chi connectivity index (χ2n) is 4.48. The molecule has 0 aromatic rings. The normalized spacial score (nSPS) is 22.1. The lowest BCUT2D eigenvalue weighted by atomic mass is 10.5. The minimum Gasteiger partial charge on any atom is -0.427 e. The average molecular weight is 279 g/mol. The summed E-state index contributed by atoms with van der Waals surface area (Å²) in [6.45, 7) is 7.49. The number of hydrogen-bond acceptors (Lipinski definition) is 3. The van der Waals surface area contributed by atoms with Gasteiger partial charge in [0.05, 0.1) is 4.48 Å². The Kier molecular flexibility index (Phi) is 3.91. The Balaban J connectivity index is 2.27. The van der Waals surface area contributed by atoms with E-state index in [4.69, 9.17) is 9.47 Å². The minimum atomic E-state index is -1.07. The van der Waals surface area contributed by atoms with Gasteiger partial charge in [-0.1, -0.05) is 19.6 Å². The lowest BCUT2D eigenvalue weighted by molar-refractivity contribution is -0.157. The zero-order valence-electron chi connectivity index (χ0n) is 8.67. The van der Waals surface area contributed by atoms with Gasteiger partial charge in [-0.3, -0.25) is 0 Å². The second kappa shape index (κ2) is 4.59. The number of rotatable bonds is 4. The highest BCUT2D eigenvalue weighted by Gasteiger charge is 2.25. The van der Waals surface area contributed by atoms with E-state index in [9.17, 15) is 4.79 Å². The molecule has 14 heavy (non-hydrogen) atoms. The average Bonchev–Trinajstić information content (AvgIpc) is 2.27. The summed E-state index contributed by atoms with van der Waals surface area (Å²) in [5.41, 5.74) is 0. The van der Waals surface area contributed by atoms with Gasteiger partial charge >= 0.3 is 5.97 Å². The highest BCUT2D eigenvalue weighted by atomic mass is 79.9. The standard InChI is InChI=1S/C9H15BrO3Si/c1-14(2,3)5-4-12-9-7(10)6-8(11)13-9/h6,9H,4-5H2,1-3H3. The molecule has 1 heterocycles. The number of ether oxygens (including phenoxy) is 2. The molecule has 3 nitrogen and oxygen atoms in total. The SMILES string of the molecule is C[Si](C)(C)CCOC1OC(=O)C=C1Br. The van der Waals surface area contributed by atoms with Gasteiger partial charge in [-0.2, -0.15) is 0 Å². The van der Waals surface area contributed by atoms with Crippen molar-refractivity contribution in [2.45, 2.75) is 32.0 Å². The summed E-state index contributed by atoms with van der Waals surface area (Å²) in [6, 6.07) is 1.07. The molecule has 5 heteroatoms. The largest absolute Gasteiger partial charge is 0.427 e. The van der Waals surface area contributed by atoms with Crippen LogP contribution in [0.25, 0.3) is 0 Å². The first kappa shape index (κ1) is 11.9. The molecule has 80 valence electrons. The van der Waals surface area contributed by atoms with Crippen LogP contribution in [0.3, 0.4) is 0 Å². The summed E-state index contributed by atoms with van der Waals surface area (Å²) in [4.78, 5) is 10.8. The number of carbonyl (C=O) groups excluding carboxylic acids is 1. The maximum Gasteiger partial charge on any atom is 0.334 e. The fourth-order valence-electron chi connectivity index (χ4n) is 0.962. The van der Waals surface area contributed by atoms with E-state index in [1.54, 1.807) is 0 Å². The molecule has 0 aromatic heterocycles. The van der Waals surface area contributed by atoms with Crippen molar-refractivity contribution >= 4 is 30.0 Å². The molecular weight excluding hydrogens is 264 g/mol. The van der Waals surface area contributed by atoms with Crippen LogP contribution in [0.1, 0.15) is 0 Å². The van der Waals surface area contributed by atoms with Gasteiger partial charge in [0.25, 0.3) is 0 Å². The number of carbonyl (C=O) groups is 1. The summed E-state index contributed by atoms with van der Waals surface area (Å²) < 4.78 is 11.0. The predicted octanol–water partition coefficient (Wildman–Crippen LogP) is 2.50. The topological polar surface area (TPSA) is 35.5 Å². The highest BCUT2D eigenvalue weighted by Crippen LogP contribution is 2.22. The van der Waals surface area contributed by atoms with E-state index in [0.29, 0.717) is 11.1 Å². The number of hydrogen-bond donors (Lipinski definition) is 0. The molecule has 0 aliphatic carbocycles. The third-order valence-corrected chi connectivity index (χ3v) is 4.13. The maximum atomic E-state index is 10.8. The second-order valence-corrected chi connectivity index (χ2v) is 11.0. The lowest BCUT2D eigenvalue weighted by Gasteiger charge is -2.17. The van der Waals surface area contributed by atoms with Gasteiger partial charge in [-0.15, -0.1) is 0 Å². The zero-order chi connectivity index (χ0) is 10.8. The van der Waals surface area contributed by atoms with Gasteiger partial charge in [0.1, 0.15) is 0 Å². The molecule has 0 saturated heterocycles. The Morgan fingerprint density at radius 3 is 2.64 bits per heavy atom. The van der Waals surface area contributed by atoms with E-state index in [0.717, 1.165) is 6.04 Å². The highest BCUT2D eigenvalue weighted by molar-refractivity contribution is 9.11. The van der Waals surface area contributed by atoms with E-state index in [2.05, 4.69) is 35.6 Å². The third kappa shape index (κ3) is 3.94. The fraction of sp³-hybridized carbons (Fsp3) is 0.667. The van der Waals surface area contributed by atoms with E-state index in [1.807, 2.05) is 0 Å². The molecule has 0 spiro atoms. The van der Waals surface area contributed by atoms with Crippen LogP contribution in [0.15, 0.2) is 10.6 Å². The summed E-state index contributed by atoms with van der Waals surface area (Å²) in [7, 11) is -1.07. The quantitative estimate of drug-likeness (QED) is 0.586. The molecule has 0 amide bonds. The van der Waals surface area contributed by atoms with Crippen molar-refractivity contribution in [2.75, 3.05) is 6.61 Å². The fourth-order valence-corrected chi connectivity index (χ4v) is 2.10. The Morgan fingerprint density at radius 1 is 1.57 bits per heavy atom. The molecule has 0 saturated carbocycles. The first-order chi connectivity index (χ1) is 6.38. The monoisotopic (exact) mass is 278 g/mol. The predicted molar refractivity (Wildman–Crippen MR) is 61.0 cm³/mol. The van der Waals surface area contributed by atoms with Crippen LogP contribution in [0.4, 0.5) is 0 Å². The van der Waals surface area contributed by atoms with Gasteiger partial charge in [0, 0.05) is 20.8 Å². The number of esters is 1. The van der Waals surface area contributed by atoms with Crippen molar-refractivity contribution in [3.63, 3.8) is 0 Å². The lowest BCUT2D eigenvalue weighted by Crippen LogP contribution is -2.24. The van der Waals surface area contributed by atoms with Crippen molar-refractivity contribution < 1.29 is 14.3 Å². The first-order valence-corrected chi connectivity index (χ1v) is 9.08. The van der Waals surface area contributed by atoms with E-state index >= 15 is 0 Å². The first-order valence-electron chi connectivity index (χ1n) is 4.58. The summed E-state index contributed by atoms with van der Waals surface area (Å²) in [5, 5.41) is 0. The Morgan fingerprint density at radius 2 is 2.21 bits per heavy atom. The van der Waals surface area contributed by atoms with Crippen LogP contribution in [-0.4, -0.2) is 26.9 Å². The van der Waals surface area contributed by atoms with Gasteiger partial charge in [-0.05, 0) is 22.0 Å². The van der Waals surface area contributed by atoms with E-state index < -0.39 is 14.4 Å². The minimum absolute atomic E-state index is 0.338. The number of cyclic esters (lactones) is 1. The van der Waals surface area contributed by atoms with Gasteiger partial charge < -0.3 is 9.47 Å².